The summed E-state index contributed by atoms with van der Waals surface area (Å²) in [6.07, 6.45) is 2.10. The first kappa shape index (κ1) is 10.8. The van der Waals surface area contributed by atoms with Gasteiger partial charge in [0.25, 0.3) is 0 Å². The third-order valence-electron chi connectivity index (χ3n) is 2.27. The second-order valence-electron chi connectivity index (χ2n) is 3.41. The SMILES string of the molecule is O=C1CC(CBr)CN1c1nccc(Cl)n1. The van der Waals surface area contributed by atoms with Crippen LogP contribution in [0.3, 0.4) is 0 Å². The lowest BCUT2D eigenvalue weighted by atomic mass is 10.2. The largest absolute Gasteiger partial charge is 0.280 e. The summed E-state index contributed by atoms with van der Waals surface area (Å²) in [5.74, 6) is 0.790. The minimum atomic E-state index is 0.0571. The van der Waals surface area contributed by atoms with Crippen molar-refractivity contribution < 1.29 is 4.79 Å². The molecule has 1 unspecified atom stereocenters. The molecule has 2 rings (SSSR count). The van der Waals surface area contributed by atoms with Gasteiger partial charge in [-0.25, -0.2) is 9.97 Å². The van der Waals surface area contributed by atoms with Gasteiger partial charge in [0.2, 0.25) is 11.9 Å². The number of anilines is 1. The molecule has 6 heteroatoms. The van der Waals surface area contributed by atoms with Crippen molar-refractivity contribution in [3.8, 4) is 0 Å². The topological polar surface area (TPSA) is 46.1 Å². The molecule has 1 saturated heterocycles. The molecule has 1 atom stereocenters. The molecule has 0 N–H and O–H groups in total. The smallest absolute Gasteiger partial charge is 0.233 e. The zero-order valence-electron chi connectivity index (χ0n) is 7.86. The highest BCUT2D eigenvalue weighted by Gasteiger charge is 2.31. The first-order valence-electron chi connectivity index (χ1n) is 4.55. The molecule has 0 radical (unpaired) electrons. The molecule has 0 bridgehead atoms. The number of carbonyl (C=O) groups is 1. The summed E-state index contributed by atoms with van der Waals surface area (Å²) in [6.45, 7) is 0.657. The summed E-state index contributed by atoms with van der Waals surface area (Å²) < 4.78 is 0. The Morgan fingerprint density at radius 2 is 2.47 bits per heavy atom. The summed E-state index contributed by atoms with van der Waals surface area (Å²) in [6, 6.07) is 1.59. The molecule has 1 amide bonds. The van der Waals surface area contributed by atoms with Crippen LogP contribution in [-0.4, -0.2) is 27.7 Å². The third-order valence-corrected chi connectivity index (χ3v) is 3.40. The monoisotopic (exact) mass is 289 g/mol. The van der Waals surface area contributed by atoms with E-state index in [-0.39, 0.29) is 5.91 Å². The molecule has 1 aromatic rings. The molecule has 1 aliphatic rings. The van der Waals surface area contributed by atoms with Crippen molar-refractivity contribution in [1.29, 1.82) is 0 Å². The van der Waals surface area contributed by atoms with Gasteiger partial charge in [0.1, 0.15) is 5.15 Å². The van der Waals surface area contributed by atoms with Gasteiger partial charge in [0.05, 0.1) is 0 Å². The van der Waals surface area contributed by atoms with E-state index in [1.165, 1.54) is 0 Å². The van der Waals surface area contributed by atoms with Crippen molar-refractivity contribution in [3.05, 3.63) is 17.4 Å². The van der Waals surface area contributed by atoms with Crippen LogP contribution < -0.4 is 4.90 Å². The first-order chi connectivity index (χ1) is 7.20. The fourth-order valence-electron chi connectivity index (χ4n) is 1.54. The van der Waals surface area contributed by atoms with Crippen LogP contribution in [0.25, 0.3) is 0 Å². The maximum atomic E-state index is 11.6. The Labute approximate surface area is 101 Å². The lowest BCUT2D eigenvalue weighted by Gasteiger charge is -2.13. The predicted molar refractivity (Wildman–Crippen MR) is 61.3 cm³/mol. The van der Waals surface area contributed by atoms with Crippen LogP contribution in [0.2, 0.25) is 5.15 Å². The van der Waals surface area contributed by atoms with Gasteiger partial charge >= 0.3 is 0 Å². The number of carbonyl (C=O) groups excluding carboxylic acids is 1. The van der Waals surface area contributed by atoms with E-state index in [1.54, 1.807) is 17.2 Å². The summed E-state index contributed by atoms with van der Waals surface area (Å²) in [7, 11) is 0. The number of hydrogen-bond acceptors (Lipinski definition) is 3. The van der Waals surface area contributed by atoms with E-state index >= 15 is 0 Å². The molecule has 0 aromatic carbocycles. The van der Waals surface area contributed by atoms with E-state index in [1.807, 2.05) is 0 Å². The quantitative estimate of drug-likeness (QED) is 0.617. The molecule has 0 saturated carbocycles. The van der Waals surface area contributed by atoms with Crippen LogP contribution in [-0.2, 0) is 4.79 Å². The Kier molecular flexibility index (Phi) is 3.21. The number of aromatic nitrogens is 2. The number of hydrogen-bond donors (Lipinski definition) is 0. The van der Waals surface area contributed by atoms with E-state index in [0.29, 0.717) is 30.0 Å². The van der Waals surface area contributed by atoms with Gasteiger partial charge in [-0.05, 0) is 12.0 Å². The molecular weight excluding hydrogens is 281 g/mol. The van der Waals surface area contributed by atoms with Crippen LogP contribution in [0.15, 0.2) is 12.3 Å². The summed E-state index contributed by atoms with van der Waals surface area (Å²) in [4.78, 5) is 21.3. The fourth-order valence-corrected chi connectivity index (χ4v) is 2.10. The minimum absolute atomic E-state index is 0.0571. The van der Waals surface area contributed by atoms with Gasteiger partial charge in [0.15, 0.2) is 0 Å². The average molecular weight is 291 g/mol. The fraction of sp³-hybridized carbons (Fsp3) is 0.444. The summed E-state index contributed by atoms with van der Waals surface area (Å²) in [5, 5.41) is 1.17. The van der Waals surface area contributed by atoms with Gasteiger partial charge in [-0.1, -0.05) is 27.5 Å². The van der Waals surface area contributed by atoms with Crippen LogP contribution in [0.1, 0.15) is 6.42 Å². The highest BCUT2D eigenvalue weighted by Crippen LogP contribution is 2.23. The maximum absolute atomic E-state index is 11.6. The minimum Gasteiger partial charge on any atom is -0.280 e. The molecule has 0 aliphatic carbocycles. The second-order valence-corrected chi connectivity index (χ2v) is 4.44. The Balaban J connectivity index is 2.21. The van der Waals surface area contributed by atoms with Gasteiger partial charge in [-0.2, -0.15) is 0 Å². The first-order valence-corrected chi connectivity index (χ1v) is 6.05. The highest BCUT2D eigenvalue weighted by atomic mass is 79.9. The molecule has 15 heavy (non-hydrogen) atoms. The Morgan fingerprint density at radius 3 is 3.07 bits per heavy atom. The Bertz CT molecular complexity index is 387. The summed E-state index contributed by atoms with van der Waals surface area (Å²) in [5.41, 5.74) is 0. The van der Waals surface area contributed by atoms with Gasteiger partial charge < -0.3 is 0 Å². The molecule has 1 fully saturated rings. The van der Waals surface area contributed by atoms with Gasteiger partial charge in [-0.3, -0.25) is 9.69 Å². The molecular formula is C9H9BrClN3O. The number of alkyl halides is 1. The van der Waals surface area contributed by atoms with Gasteiger partial charge in [-0.15, -0.1) is 0 Å². The zero-order valence-corrected chi connectivity index (χ0v) is 10.2. The van der Waals surface area contributed by atoms with Crippen molar-refractivity contribution in [2.24, 2.45) is 5.92 Å². The standard InChI is InChI=1S/C9H9BrClN3O/c10-4-6-3-8(15)14(5-6)9-12-2-1-7(11)13-9/h1-2,6H,3-5H2. The summed E-state index contributed by atoms with van der Waals surface area (Å²) >= 11 is 9.12. The number of nitrogens with zero attached hydrogens (tertiary/aromatic N) is 3. The normalized spacial score (nSPS) is 21.1. The zero-order chi connectivity index (χ0) is 10.8. The van der Waals surface area contributed by atoms with E-state index < -0.39 is 0 Å². The maximum Gasteiger partial charge on any atom is 0.233 e. The molecule has 80 valence electrons. The van der Waals surface area contributed by atoms with E-state index in [2.05, 4.69) is 25.9 Å². The second kappa shape index (κ2) is 4.45. The number of halogens is 2. The van der Waals surface area contributed by atoms with Crippen molar-refractivity contribution in [2.75, 3.05) is 16.8 Å². The number of rotatable bonds is 2. The average Bonchev–Trinajstić information content (AvgIpc) is 2.60. The van der Waals surface area contributed by atoms with Crippen LogP contribution >= 0.6 is 27.5 Å². The lowest BCUT2D eigenvalue weighted by Crippen LogP contribution is -2.26. The van der Waals surface area contributed by atoms with Crippen molar-refractivity contribution >= 4 is 39.4 Å². The van der Waals surface area contributed by atoms with Crippen molar-refractivity contribution in [3.63, 3.8) is 0 Å². The van der Waals surface area contributed by atoms with Crippen LogP contribution in [0.5, 0.6) is 0 Å². The van der Waals surface area contributed by atoms with Crippen LogP contribution in [0.4, 0.5) is 5.95 Å². The number of amides is 1. The lowest BCUT2D eigenvalue weighted by molar-refractivity contribution is -0.117. The highest BCUT2D eigenvalue weighted by molar-refractivity contribution is 9.09. The third kappa shape index (κ3) is 2.29. The molecule has 2 heterocycles. The van der Waals surface area contributed by atoms with E-state index in [9.17, 15) is 4.79 Å². The molecule has 1 aliphatic heterocycles. The predicted octanol–water partition coefficient (Wildman–Crippen LogP) is 1.88. The van der Waals surface area contributed by atoms with Gasteiger partial charge in [0, 0.05) is 24.5 Å². The van der Waals surface area contributed by atoms with E-state index in [0.717, 1.165) is 5.33 Å². The molecule has 4 nitrogen and oxygen atoms in total. The van der Waals surface area contributed by atoms with E-state index in [4.69, 9.17) is 11.6 Å². The Hall–Kier alpha value is -0.680. The van der Waals surface area contributed by atoms with Crippen molar-refractivity contribution in [2.45, 2.75) is 6.42 Å². The molecule has 1 aromatic heterocycles. The van der Waals surface area contributed by atoms with Crippen molar-refractivity contribution in [1.82, 2.24) is 9.97 Å². The Morgan fingerprint density at radius 1 is 1.67 bits per heavy atom. The molecule has 0 spiro atoms. The van der Waals surface area contributed by atoms with Crippen LogP contribution in [0, 0.1) is 5.92 Å².